The average Bonchev–Trinajstić information content (AvgIpc) is 2.66. The number of carbonyl (C=O) groups is 2. The molecule has 0 saturated heterocycles. The molecule has 0 spiro atoms. The lowest BCUT2D eigenvalue weighted by molar-refractivity contribution is -0.138. The fraction of sp³-hybridized carbons (Fsp3) is 0.190. The number of nitrogens with zero attached hydrogens (tertiary/aromatic N) is 1. The van der Waals surface area contributed by atoms with E-state index in [1.54, 1.807) is 31.2 Å². The van der Waals surface area contributed by atoms with Crippen LogP contribution in [0.3, 0.4) is 0 Å². The van der Waals surface area contributed by atoms with Crippen LogP contribution < -0.4 is 4.74 Å². The van der Waals surface area contributed by atoms with Crippen molar-refractivity contribution >= 4 is 18.0 Å². The minimum atomic E-state index is -0.680. The third-order valence-corrected chi connectivity index (χ3v) is 3.48. The Morgan fingerprint density at radius 1 is 1.12 bits per heavy atom. The molecule has 0 atom stereocenters. The van der Waals surface area contributed by atoms with E-state index in [0.29, 0.717) is 17.7 Å². The van der Waals surface area contributed by atoms with Crippen molar-refractivity contribution in [3.8, 4) is 11.8 Å². The normalized spacial score (nSPS) is 10.7. The Morgan fingerprint density at radius 3 is 2.58 bits per heavy atom. The first-order chi connectivity index (χ1) is 12.6. The largest absolute Gasteiger partial charge is 0.462 e. The van der Waals surface area contributed by atoms with Gasteiger partial charge in [-0.2, -0.15) is 5.26 Å². The summed E-state index contributed by atoms with van der Waals surface area (Å²) in [4.78, 5) is 23.7. The number of nitriles is 1. The Balaban J connectivity index is 2.01. The van der Waals surface area contributed by atoms with Gasteiger partial charge in [-0.3, -0.25) is 4.79 Å². The zero-order valence-corrected chi connectivity index (χ0v) is 14.5. The molecular weight excluding hydrogens is 330 g/mol. The van der Waals surface area contributed by atoms with Gasteiger partial charge >= 0.3 is 11.9 Å². The first-order valence-electron chi connectivity index (χ1n) is 8.26. The van der Waals surface area contributed by atoms with E-state index < -0.39 is 5.97 Å². The monoisotopic (exact) mass is 349 g/mol. The van der Waals surface area contributed by atoms with Gasteiger partial charge in [0.25, 0.3) is 0 Å². The second-order valence-corrected chi connectivity index (χ2v) is 5.42. The van der Waals surface area contributed by atoms with Crippen LogP contribution in [0.25, 0.3) is 6.08 Å². The second kappa shape index (κ2) is 9.80. The summed E-state index contributed by atoms with van der Waals surface area (Å²) in [7, 11) is 0. The quantitative estimate of drug-likeness (QED) is 0.330. The summed E-state index contributed by atoms with van der Waals surface area (Å²) in [6.45, 7) is 1.86. The van der Waals surface area contributed by atoms with Gasteiger partial charge in [0.2, 0.25) is 0 Å². The lowest BCUT2D eigenvalue weighted by atomic mass is 10.1. The van der Waals surface area contributed by atoms with Crippen LogP contribution >= 0.6 is 0 Å². The minimum Gasteiger partial charge on any atom is -0.462 e. The number of ether oxygens (including phenoxy) is 2. The maximum atomic E-state index is 12.0. The molecule has 0 aliphatic heterocycles. The van der Waals surface area contributed by atoms with E-state index in [0.717, 1.165) is 5.56 Å². The van der Waals surface area contributed by atoms with Crippen LogP contribution in [0.5, 0.6) is 5.75 Å². The van der Waals surface area contributed by atoms with Crippen molar-refractivity contribution in [2.24, 2.45) is 0 Å². The Bertz CT molecular complexity index is 835. The van der Waals surface area contributed by atoms with Crippen LogP contribution in [0.2, 0.25) is 0 Å². The van der Waals surface area contributed by atoms with Crippen LogP contribution in [0, 0.1) is 11.3 Å². The molecule has 0 radical (unpaired) electrons. The molecule has 0 unspecified atom stereocenters. The molecule has 0 amide bonds. The van der Waals surface area contributed by atoms with Gasteiger partial charge in [0.15, 0.2) is 0 Å². The van der Waals surface area contributed by atoms with Crippen LogP contribution in [0.1, 0.15) is 24.5 Å². The first kappa shape index (κ1) is 18.9. The molecule has 0 heterocycles. The predicted octanol–water partition coefficient (Wildman–Crippen LogP) is 3.69. The number of carbonyl (C=O) groups excluding carboxylic acids is 2. The van der Waals surface area contributed by atoms with Crippen molar-refractivity contribution in [2.45, 2.75) is 19.8 Å². The Kier molecular flexibility index (Phi) is 7.14. The van der Waals surface area contributed by atoms with Crippen molar-refractivity contribution in [2.75, 3.05) is 6.61 Å². The van der Waals surface area contributed by atoms with Crippen molar-refractivity contribution in [1.29, 1.82) is 5.26 Å². The molecule has 2 aromatic carbocycles. The van der Waals surface area contributed by atoms with Crippen molar-refractivity contribution in [1.82, 2.24) is 0 Å². The molecule has 26 heavy (non-hydrogen) atoms. The highest BCUT2D eigenvalue weighted by Crippen LogP contribution is 2.17. The summed E-state index contributed by atoms with van der Waals surface area (Å²) in [6.07, 6.45) is 2.26. The van der Waals surface area contributed by atoms with Gasteiger partial charge in [-0.1, -0.05) is 42.5 Å². The molecule has 5 nitrogen and oxygen atoms in total. The molecule has 2 rings (SSSR count). The van der Waals surface area contributed by atoms with E-state index in [2.05, 4.69) is 0 Å². The number of rotatable bonds is 7. The highest BCUT2D eigenvalue weighted by Gasteiger charge is 2.10. The summed E-state index contributed by atoms with van der Waals surface area (Å²) in [5.41, 5.74) is 1.52. The summed E-state index contributed by atoms with van der Waals surface area (Å²) in [5, 5.41) is 9.07. The fourth-order valence-corrected chi connectivity index (χ4v) is 2.25. The number of hydrogen-bond acceptors (Lipinski definition) is 5. The smallest absolute Gasteiger partial charge is 0.348 e. The number of hydrogen-bond donors (Lipinski definition) is 0. The van der Waals surface area contributed by atoms with Gasteiger partial charge in [-0.25, -0.2) is 4.79 Å². The van der Waals surface area contributed by atoms with Gasteiger partial charge in [0.05, 0.1) is 6.61 Å². The third-order valence-electron chi connectivity index (χ3n) is 3.48. The SMILES string of the molecule is CCOC(=O)/C(C#N)=C/c1cccc(OC(=O)CCc2ccccc2)c1. The van der Waals surface area contributed by atoms with Gasteiger partial charge in [0, 0.05) is 6.42 Å². The Morgan fingerprint density at radius 2 is 1.88 bits per heavy atom. The molecule has 132 valence electrons. The Labute approximate surface area is 152 Å². The fourth-order valence-electron chi connectivity index (χ4n) is 2.25. The molecular formula is C21H19NO4. The first-order valence-corrected chi connectivity index (χ1v) is 8.26. The predicted molar refractivity (Wildman–Crippen MR) is 97.1 cm³/mol. The van der Waals surface area contributed by atoms with Crippen molar-refractivity contribution in [3.05, 3.63) is 71.3 Å². The number of esters is 2. The topological polar surface area (TPSA) is 76.4 Å². The lowest BCUT2D eigenvalue weighted by Gasteiger charge is -2.06. The van der Waals surface area contributed by atoms with E-state index in [1.165, 1.54) is 6.08 Å². The zero-order valence-electron chi connectivity index (χ0n) is 14.5. The average molecular weight is 349 g/mol. The zero-order chi connectivity index (χ0) is 18.8. The molecule has 0 aliphatic rings. The van der Waals surface area contributed by atoms with Gasteiger partial charge in [-0.05, 0) is 42.7 Å². The maximum absolute atomic E-state index is 12.0. The third kappa shape index (κ3) is 5.91. The summed E-state index contributed by atoms with van der Waals surface area (Å²) in [6, 6.07) is 18.1. The lowest BCUT2D eigenvalue weighted by Crippen LogP contribution is -2.09. The standard InChI is InChI=1S/C21H19NO4/c1-2-25-21(24)18(15-22)13-17-9-6-10-19(14-17)26-20(23)12-11-16-7-4-3-5-8-16/h3-10,13-14H,2,11-12H2,1H3/b18-13+. The van der Waals surface area contributed by atoms with Gasteiger partial charge < -0.3 is 9.47 Å². The summed E-state index contributed by atoms with van der Waals surface area (Å²) < 4.78 is 10.2. The van der Waals surface area contributed by atoms with Crippen molar-refractivity contribution < 1.29 is 19.1 Å². The van der Waals surface area contributed by atoms with Gasteiger partial charge in [0.1, 0.15) is 17.4 Å². The number of benzene rings is 2. The molecule has 0 saturated carbocycles. The van der Waals surface area contributed by atoms with Gasteiger partial charge in [-0.15, -0.1) is 0 Å². The van der Waals surface area contributed by atoms with Crippen LogP contribution in [0.15, 0.2) is 60.2 Å². The molecule has 2 aromatic rings. The van der Waals surface area contributed by atoms with E-state index >= 15 is 0 Å². The summed E-state index contributed by atoms with van der Waals surface area (Å²) in [5.74, 6) is -0.667. The Hall–Kier alpha value is -3.39. The molecule has 0 fully saturated rings. The van der Waals surface area contributed by atoms with E-state index in [4.69, 9.17) is 14.7 Å². The molecule has 0 aliphatic carbocycles. The number of aryl methyl sites for hydroxylation is 1. The highest BCUT2D eigenvalue weighted by atomic mass is 16.5. The molecule has 5 heteroatoms. The van der Waals surface area contributed by atoms with Crippen LogP contribution in [-0.4, -0.2) is 18.5 Å². The molecule has 0 bridgehead atoms. The summed E-state index contributed by atoms with van der Waals surface area (Å²) >= 11 is 0. The van der Waals surface area contributed by atoms with Crippen molar-refractivity contribution in [3.63, 3.8) is 0 Å². The van der Waals surface area contributed by atoms with Crippen LogP contribution in [-0.2, 0) is 20.7 Å². The van der Waals surface area contributed by atoms with E-state index in [1.807, 2.05) is 36.4 Å². The second-order valence-electron chi connectivity index (χ2n) is 5.42. The van der Waals surface area contributed by atoms with Crippen LogP contribution in [0.4, 0.5) is 0 Å². The molecule has 0 N–H and O–H groups in total. The molecule has 0 aromatic heterocycles. The van der Waals surface area contributed by atoms with E-state index in [-0.39, 0.29) is 24.6 Å². The minimum absolute atomic E-state index is 0.112. The highest BCUT2D eigenvalue weighted by molar-refractivity contribution is 5.97. The maximum Gasteiger partial charge on any atom is 0.348 e. The van der Waals surface area contributed by atoms with E-state index in [9.17, 15) is 9.59 Å².